The number of nitrogens with zero attached hydrogens (tertiary/aromatic N) is 1. The van der Waals surface area contributed by atoms with Crippen LogP contribution in [0.5, 0.6) is 0 Å². The second-order valence-electron chi connectivity index (χ2n) is 5.32. The molecule has 1 saturated heterocycles. The highest BCUT2D eigenvalue weighted by Gasteiger charge is 2.66. The van der Waals surface area contributed by atoms with E-state index < -0.39 is 23.5 Å². The molecule has 1 aromatic rings. The van der Waals surface area contributed by atoms with Crippen LogP contribution in [-0.2, 0) is 31.3 Å². The molecule has 1 aliphatic heterocycles. The normalized spacial score (nSPS) is 31.8. The van der Waals surface area contributed by atoms with Gasteiger partial charge >= 0.3 is 11.9 Å². The van der Waals surface area contributed by atoms with Gasteiger partial charge in [-0.15, -0.1) is 0 Å². The van der Waals surface area contributed by atoms with Crippen LogP contribution >= 0.6 is 0 Å². The Morgan fingerprint density at radius 2 is 1.81 bits per heavy atom. The van der Waals surface area contributed by atoms with Gasteiger partial charge in [0.25, 0.3) is 11.5 Å². The molecule has 1 aliphatic carbocycles. The lowest BCUT2D eigenvalue weighted by Gasteiger charge is -2.44. The van der Waals surface area contributed by atoms with Gasteiger partial charge in [0.1, 0.15) is 0 Å². The van der Waals surface area contributed by atoms with Gasteiger partial charge in [0, 0.05) is 19.0 Å². The summed E-state index contributed by atoms with van der Waals surface area (Å²) in [4.78, 5) is 23.8. The van der Waals surface area contributed by atoms with Gasteiger partial charge in [0.15, 0.2) is 0 Å². The molecule has 1 aromatic carbocycles. The van der Waals surface area contributed by atoms with Gasteiger partial charge in [-0.2, -0.15) is 0 Å². The van der Waals surface area contributed by atoms with Gasteiger partial charge < -0.3 is 14.6 Å². The van der Waals surface area contributed by atoms with E-state index in [4.69, 9.17) is 15.3 Å². The van der Waals surface area contributed by atoms with Gasteiger partial charge in [-0.05, 0) is 5.56 Å². The van der Waals surface area contributed by atoms with Crippen LogP contribution in [0.4, 0.5) is 0 Å². The number of carbonyl (C=O) groups is 2. The van der Waals surface area contributed by atoms with Crippen molar-refractivity contribution in [1.29, 1.82) is 0 Å². The first-order chi connectivity index (χ1) is 9.89. The predicted molar refractivity (Wildman–Crippen MR) is 70.1 cm³/mol. The Morgan fingerprint density at radius 1 is 1.19 bits per heavy atom. The van der Waals surface area contributed by atoms with Crippen LogP contribution in [0.1, 0.15) is 24.0 Å². The second kappa shape index (κ2) is 4.52. The number of carbonyl (C=O) groups excluding carboxylic acids is 2. The first-order valence-electron chi connectivity index (χ1n) is 6.62. The van der Waals surface area contributed by atoms with Crippen LogP contribution in [0.15, 0.2) is 24.3 Å². The zero-order chi connectivity index (χ0) is 15.3. The molecule has 1 fully saturated rings. The van der Waals surface area contributed by atoms with Gasteiger partial charge in [0.05, 0.1) is 12.8 Å². The van der Waals surface area contributed by atoms with Crippen molar-refractivity contribution in [2.24, 2.45) is 5.84 Å². The summed E-state index contributed by atoms with van der Waals surface area (Å²) in [6, 6.07) is 6.89. The summed E-state index contributed by atoms with van der Waals surface area (Å²) in [6.07, 6.45) is -0.125. The number of hydrazine groups is 1. The van der Waals surface area contributed by atoms with Gasteiger partial charge in [-0.3, -0.25) is 15.4 Å². The number of hydrogen-bond donors (Lipinski definition) is 2. The van der Waals surface area contributed by atoms with Crippen molar-refractivity contribution < 1.29 is 24.2 Å². The molecule has 7 nitrogen and oxygen atoms in total. The summed E-state index contributed by atoms with van der Waals surface area (Å²) < 4.78 is 10.7. The van der Waals surface area contributed by atoms with Crippen molar-refractivity contribution in [3.05, 3.63) is 35.4 Å². The lowest BCUT2D eigenvalue weighted by atomic mass is 10.0. The Bertz CT molecular complexity index is 617. The molecule has 0 saturated carbocycles. The third-order valence-electron chi connectivity index (χ3n) is 3.99. The Kier molecular flexibility index (Phi) is 3.01. The zero-order valence-corrected chi connectivity index (χ0v) is 11.5. The zero-order valence-electron chi connectivity index (χ0n) is 11.5. The van der Waals surface area contributed by atoms with Crippen LogP contribution in [-0.4, -0.2) is 34.8 Å². The van der Waals surface area contributed by atoms with E-state index in [0.29, 0.717) is 11.1 Å². The van der Waals surface area contributed by atoms with Crippen molar-refractivity contribution in [3.63, 3.8) is 0 Å². The number of ether oxygens (including phenoxy) is 2. The molecule has 0 aromatic heterocycles. The average Bonchev–Trinajstić information content (AvgIpc) is 2.66. The standard InChI is InChI=1S/C14H16N2O5/c1-16(15)13-8-9-4-2-3-5-10(9)14(13,19)21-12(18)7-6-11(17)20-13/h2-5,19H,6-8,15H2,1H3/t13-,14-/m1/s1. The van der Waals surface area contributed by atoms with Crippen LogP contribution in [0.3, 0.4) is 0 Å². The molecule has 1 heterocycles. The van der Waals surface area contributed by atoms with E-state index in [1.807, 2.05) is 0 Å². The topological polar surface area (TPSA) is 102 Å². The van der Waals surface area contributed by atoms with Gasteiger partial charge in [-0.1, -0.05) is 24.3 Å². The average molecular weight is 292 g/mol. The number of likely N-dealkylation sites (N-methyl/N-ethyl adjacent to an activating group) is 1. The summed E-state index contributed by atoms with van der Waals surface area (Å²) in [6.45, 7) is 0. The number of hydrogen-bond acceptors (Lipinski definition) is 7. The van der Waals surface area contributed by atoms with E-state index in [2.05, 4.69) is 0 Å². The molecule has 0 bridgehead atoms. The van der Waals surface area contributed by atoms with E-state index in [0.717, 1.165) is 5.01 Å². The monoisotopic (exact) mass is 292 g/mol. The molecule has 0 radical (unpaired) electrons. The van der Waals surface area contributed by atoms with Crippen molar-refractivity contribution in [2.45, 2.75) is 30.8 Å². The summed E-state index contributed by atoms with van der Waals surface area (Å²) in [5.74, 6) is 2.44. The van der Waals surface area contributed by atoms with Crippen molar-refractivity contribution in [2.75, 3.05) is 7.05 Å². The second-order valence-corrected chi connectivity index (χ2v) is 5.32. The van der Waals surface area contributed by atoms with E-state index in [1.165, 1.54) is 7.05 Å². The fraction of sp³-hybridized carbons (Fsp3) is 0.429. The van der Waals surface area contributed by atoms with E-state index in [1.54, 1.807) is 24.3 Å². The first kappa shape index (κ1) is 14.0. The minimum absolute atomic E-state index is 0.110. The molecule has 0 amide bonds. The molecule has 2 atom stereocenters. The van der Waals surface area contributed by atoms with Crippen LogP contribution in [0.2, 0.25) is 0 Å². The highest BCUT2D eigenvalue weighted by Crippen LogP contribution is 2.49. The van der Waals surface area contributed by atoms with Crippen LogP contribution in [0.25, 0.3) is 0 Å². The van der Waals surface area contributed by atoms with E-state index in [9.17, 15) is 14.7 Å². The smallest absolute Gasteiger partial charge is 0.309 e. The number of benzene rings is 1. The maximum atomic E-state index is 11.9. The fourth-order valence-corrected chi connectivity index (χ4v) is 2.93. The molecule has 0 unspecified atom stereocenters. The maximum absolute atomic E-state index is 11.9. The quantitative estimate of drug-likeness (QED) is 0.419. The SMILES string of the molecule is CN(N)[C@@]12Cc3ccccc3[C@@]1(O)OC(=O)CCC(=O)O2. The lowest BCUT2D eigenvalue weighted by molar-refractivity contribution is -0.335. The van der Waals surface area contributed by atoms with Gasteiger partial charge in [-0.25, -0.2) is 5.01 Å². The Hall–Kier alpha value is -1.96. The highest BCUT2D eigenvalue weighted by molar-refractivity contribution is 5.79. The third-order valence-corrected chi connectivity index (χ3v) is 3.99. The number of fused-ring (bicyclic) bond motifs is 3. The van der Waals surface area contributed by atoms with E-state index >= 15 is 0 Å². The molecule has 3 rings (SSSR count). The number of aliphatic hydroxyl groups is 1. The largest absolute Gasteiger partial charge is 0.434 e. The minimum atomic E-state index is -2.12. The highest BCUT2D eigenvalue weighted by atomic mass is 16.7. The third kappa shape index (κ3) is 1.85. The summed E-state index contributed by atoms with van der Waals surface area (Å²) in [5, 5.41) is 12.1. The van der Waals surface area contributed by atoms with Crippen molar-refractivity contribution >= 4 is 11.9 Å². The van der Waals surface area contributed by atoms with Gasteiger partial charge in [0.2, 0.25) is 0 Å². The molecule has 7 heteroatoms. The molecule has 0 spiro atoms. The Balaban J connectivity index is 2.20. The number of nitrogens with two attached hydrogens (primary N) is 1. The van der Waals surface area contributed by atoms with Crippen LogP contribution in [0, 0.1) is 0 Å². The molecule has 2 aliphatic rings. The first-order valence-corrected chi connectivity index (χ1v) is 6.62. The minimum Gasteiger partial charge on any atom is -0.434 e. The van der Waals surface area contributed by atoms with Crippen molar-refractivity contribution in [3.8, 4) is 0 Å². The maximum Gasteiger partial charge on any atom is 0.309 e. The summed E-state index contributed by atoms with van der Waals surface area (Å²) >= 11 is 0. The summed E-state index contributed by atoms with van der Waals surface area (Å²) in [5.41, 5.74) is -0.575. The Morgan fingerprint density at radius 3 is 2.48 bits per heavy atom. The predicted octanol–water partition coefficient (Wildman–Crippen LogP) is -0.230. The summed E-state index contributed by atoms with van der Waals surface area (Å²) in [7, 11) is 1.46. The Labute approximate surface area is 121 Å². The lowest BCUT2D eigenvalue weighted by Crippen LogP contribution is -2.66. The van der Waals surface area contributed by atoms with Crippen molar-refractivity contribution in [1.82, 2.24) is 5.01 Å². The fourth-order valence-electron chi connectivity index (χ4n) is 2.93. The van der Waals surface area contributed by atoms with Crippen LogP contribution < -0.4 is 5.84 Å². The number of esters is 2. The van der Waals surface area contributed by atoms with E-state index in [-0.39, 0.29) is 19.3 Å². The molecule has 112 valence electrons. The molecule has 21 heavy (non-hydrogen) atoms. The number of rotatable bonds is 1. The molecular formula is C14H16N2O5. The molecule has 3 N–H and O–H groups in total. The molecular weight excluding hydrogens is 276 g/mol.